The first kappa shape index (κ1) is 29.5. The number of nitrogens with zero attached hydrogens (tertiary/aromatic N) is 7. The van der Waals surface area contributed by atoms with Gasteiger partial charge in [0.05, 0.1) is 32.3 Å². The molecule has 3 aromatic carbocycles. The predicted molar refractivity (Wildman–Crippen MR) is 162 cm³/mol. The Morgan fingerprint density at radius 2 is 1.48 bits per heavy atom. The molecule has 1 amide bonds. The Kier molecular flexibility index (Phi) is 7.83. The minimum absolute atomic E-state index is 0.00973. The van der Waals surface area contributed by atoms with Gasteiger partial charge >= 0.3 is 0 Å². The van der Waals surface area contributed by atoms with Crippen LogP contribution >= 0.6 is 11.8 Å². The lowest BCUT2D eigenvalue weighted by molar-refractivity contribution is -0.385. The van der Waals surface area contributed by atoms with E-state index in [1.165, 1.54) is 10.8 Å². The molecule has 0 aliphatic carbocycles. The third-order valence-corrected chi connectivity index (χ3v) is 7.52. The maximum Gasteiger partial charge on any atom is 0.297 e. The van der Waals surface area contributed by atoms with Crippen molar-refractivity contribution in [2.24, 2.45) is 17.1 Å². The number of non-ortho nitro benzene ring substituents is 2. The van der Waals surface area contributed by atoms with E-state index in [0.717, 1.165) is 59.4 Å². The molecule has 1 aromatic heterocycles. The minimum atomic E-state index is -0.780. The van der Waals surface area contributed by atoms with Crippen LogP contribution in [-0.4, -0.2) is 51.7 Å². The monoisotopic (exact) mass is 615 g/mol. The summed E-state index contributed by atoms with van der Waals surface area (Å²) >= 11 is 0.780. The number of nitro groups is 2. The van der Waals surface area contributed by atoms with Crippen molar-refractivity contribution in [2.45, 2.75) is 6.92 Å². The summed E-state index contributed by atoms with van der Waals surface area (Å²) in [6.45, 7) is 1.66. The number of aromatic hydroxyl groups is 2. The standard InChI is InChI=1S/C28H21N7O8S/c1-16-25(27(39)33(31(16)2)19-6-4-3-5-7-19)30-28-32(29-15-18-13-21(35(42)43)9-11-23(18)37)26(38)24(44-28)14-17-12-20(34(40)41)8-10-22(17)36/h3-15,36-37H,1-2H3. The number of aromatic nitrogens is 2. The maximum absolute atomic E-state index is 13.6. The Hall–Kier alpha value is -6.03. The van der Waals surface area contributed by atoms with Crippen LogP contribution in [0, 0.1) is 27.2 Å². The molecular weight excluding hydrogens is 594 g/mol. The molecule has 1 saturated heterocycles. The fourth-order valence-electron chi connectivity index (χ4n) is 4.21. The van der Waals surface area contributed by atoms with Gasteiger partial charge in [-0.15, -0.1) is 0 Å². The lowest BCUT2D eigenvalue weighted by Crippen LogP contribution is -2.24. The normalized spacial score (nSPS) is 15.1. The zero-order valence-electron chi connectivity index (χ0n) is 22.9. The van der Waals surface area contributed by atoms with Crippen LogP contribution in [0.3, 0.4) is 0 Å². The minimum Gasteiger partial charge on any atom is -0.507 e. The Labute approximate surface area is 251 Å². The highest BCUT2D eigenvalue weighted by molar-refractivity contribution is 8.18. The van der Waals surface area contributed by atoms with E-state index in [2.05, 4.69) is 10.1 Å². The summed E-state index contributed by atoms with van der Waals surface area (Å²) in [4.78, 5) is 52.6. The SMILES string of the molecule is Cc1c(N=C2SC(=Cc3cc([N+](=O)[O-])ccc3O)C(=O)N2N=Cc2cc([N+](=O)[O-])ccc2O)c(=O)n(-c2ccccc2)n1C. The van der Waals surface area contributed by atoms with Crippen molar-refractivity contribution in [1.82, 2.24) is 14.4 Å². The van der Waals surface area contributed by atoms with Gasteiger partial charge < -0.3 is 10.2 Å². The summed E-state index contributed by atoms with van der Waals surface area (Å²) in [5.74, 6) is -1.46. The molecule has 1 fully saturated rings. The molecule has 0 radical (unpaired) electrons. The van der Waals surface area contributed by atoms with E-state index in [1.54, 1.807) is 49.0 Å². The van der Waals surface area contributed by atoms with Crippen molar-refractivity contribution in [3.8, 4) is 17.2 Å². The van der Waals surface area contributed by atoms with Gasteiger partial charge in [-0.2, -0.15) is 10.1 Å². The molecule has 15 nitrogen and oxygen atoms in total. The molecule has 0 atom stereocenters. The summed E-state index contributed by atoms with van der Waals surface area (Å²) in [7, 11) is 1.66. The van der Waals surface area contributed by atoms with Crippen LogP contribution in [0.15, 0.2) is 86.5 Å². The van der Waals surface area contributed by atoms with E-state index in [9.17, 15) is 40.0 Å². The second kappa shape index (κ2) is 11.7. The molecule has 16 heteroatoms. The van der Waals surface area contributed by atoms with E-state index in [1.807, 2.05) is 0 Å². The molecule has 1 aliphatic rings. The fraction of sp³-hybridized carbons (Fsp3) is 0.0714. The number of hydrogen-bond acceptors (Lipinski definition) is 11. The van der Waals surface area contributed by atoms with Gasteiger partial charge in [0.2, 0.25) is 0 Å². The molecule has 1 aliphatic heterocycles. The summed E-state index contributed by atoms with van der Waals surface area (Å²) in [5.41, 5.74) is -0.239. The maximum atomic E-state index is 13.6. The number of carbonyl (C=O) groups excluding carboxylic acids is 1. The average molecular weight is 616 g/mol. The Morgan fingerprint density at radius 3 is 2.09 bits per heavy atom. The molecule has 4 aromatic rings. The number of amides is 1. The molecule has 2 heterocycles. The van der Waals surface area contributed by atoms with Crippen LogP contribution in [0.5, 0.6) is 11.5 Å². The fourth-order valence-corrected chi connectivity index (χ4v) is 5.12. The van der Waals surface area contributed by atoms with Crippen molar-refractivity contribution in [3.63, 3.8) is 0 Å². The molecule has 5 rings (SSSR count). The van der Waals surface area contributed by atoms with Crippen molar-refractivity contribution in [1.29, 1.82) is 0 Å². The van der Waals surface area contributed by atoms with E-state index >= 15 is 0 Å². The number of aliphatic imine (C=N–C) groups is 1. The molecule has 0 unspecified atom stereocenters. The quantitative estimate of drug-likeness (QED) is 0.131. The van der Waals surface area contributed by atoms with E-state index in [0.29, 0.717) is 11.4 Å². The molecule has 222 valence electrons. The topological polar surface area (TPSA) is 199 Å². The number of phenols is 2. The Balaban J connectivity index is 1.64. The number of amidine groups is 1. The summed E-state index contributed by atoms with van der Waals surface area (Å²) in [5, 5.41) is 47.9. The highest BCUT2D eigenvalue weighted by atomic mass is 32.2. The van der Waals surface area contributed by atoms with Gasteiger partial charge in [0.15, 0.2) is 10.9 Å². The van der Waals surface area contributed by atoms with Gasteiger partial charge in [0.25, 0.3) is 22.8 Å². The molecular formula is C28H21N7O8S. The van der Waals surface area contributed by atoms with Gasteiger partial charge in [-0.3, -0.25) is 34.5 Å². The van der Waals surface area contributed by atoms with E-state index in [4.69, 9.17) is 0 Å². The van der Waals surface area contributed by atoms with Gasteiger partial charge in [0, 0.05) is 42.4 Å². The first-order valence-electron chi connectivity index (χ1n) is 12.6. The average Bonchev–Trinajstić information content (AvgIpc) is 3.40. The first-order valence-corrected chi connectivity index (χ1v) is 13.4. The van der Waals surface area contributed by atoms with Crippen LogP contribution in [0.2, 0.25) is 0 Å². The number of rotatable bonds is 7. The van der Waals surface area contributed by atoms with Crippen LogP contribution < -0.4 is 5.56 Å². The van der Waals surface area contributed by atoms with Crippen LogP contribution in [-0.2, 0) is 11.8 Å². The number of nitro benzene ring substituents is 2. The predicted octanol–water partition coefficient (Wildman–Crippen LogP) is 4.35. The van der Waals surface area contributed by atoms with Gasteiger partial charge in [-0.05, 0) is 49.0 Å². The number of hydrazone groups is 1. The van der Waals surface area contributed by atoms with Gasteiger partial charge in [0.1, 0.15) is 11.5 Å². The first-order chi connectivity index (χ1) is 21.0. The summed E-state index contributed by atoms with van der Waals surface area (Å²) in [6, 6.07) is 15.4. The molecule has 44 heavy (non-hydrogen) atoms. The Morgan fingerprint density at radius 1 is 0.886 bits per heavy atom. The number of para-hydroxylation sites is 1. The Bertz CT molecular complexity index is 2000. The number of phenolic OH excluding ortho intramolecular Hbond substituents is 2. The van der Waals surface area contributed by atoms with Gasteiger partial charge in [-0.25, -0.2) is 9.67 Å². The second-order valence-electron chi connectivity index (χ2n) is 9.28. The number of hydrogen-bond donors (Lipinski definition) is 2. The molecule has 0 spiro atoms. The van der Waals surface area contributed by atoms with Crippen molar-refractivity contribution < 1.29 is 24.9 Å². The smallest absolute Gasteiger partial charge is 0.297 e. The number of carbonyl (C=O) groups is 1. The highest BCUT2D eigenvalue weighted by Gasteiger charge is 2.35. The summed E-state index contributed by atoms with van der Waals surface area (Å²) < 4.78 is 2.98. The highest BCUT2D eigenvalue weighted by Crippen LogP contribution is 2.37. The third-order valence-electron chi connectivity index (χ3n) is 6.56. The van der Waals surface area contributed by atoms with Crippen LogP contribution in [0.25, 0.3) is 11.8 Å². The van der Waals surface area contributed by atoms with Crippen molar-refractivity contribution in [3.05, 3.63) is 119 Å². The zero-order valence-corrected chi connectivity index (χ0v) is 23.7. The van der Waals surface area contributed by atoms with E-state index < -0.39 is 21.3 Å². The largest absolute Gasteiger partial charge is 0.507 e. The van der Waals surface area contributed by atoms with Crippen molar-refractivity contribution >= 4 is 52.2 Å². The van der Waals surface area contributed by atoms with Crippen LogP contribution in [0.1, 0.15) is 16.8 Å². The third kappa shape index (κ3) is 5.56. The lowest BCUT2D eigenvalue weighted by atomic mass is 10.1. The lowest BCUT2D eigenvalue weighted by Gasteiger charge is -2.08. The van der Waals surface area contributed by atoms with Gasteiger partial charge in [-0.1, -0.05) is 18.2 Å². The molecule has 0 bridgehead atoms. The summed E-state index contributed by atoms with van der Waals surface area (Å²) in [6.07, 6.45) is 2.23. The van der Waals surface area contributed by atoms with Crippen LogP contribution in [0.4, 0.5) is 17.1 Å². The zero-order chi connectivity index (χ0) is 31.7. The van der Waals surface area contributed by atoms with Crippen molar-refractivity contribution in [2.75, 3.05) is 0 Å². The second-order valence-corrected chi connectivity index (χ2v) is 10.3. The molecule has 2 N–H and O–H groups in total. The van der Waals surface area contributed by atoms with E-state index in [-0.39, 0.29) is 49.8 Å². The number of thioether (sulfide) groups is 1. The number of benzene rings is 3. The molecule has 0 saturated carbocycles.